The van der Waals surface area contributed by atoms with Crippen LogP contribution in [0.25, 0.3) is 0 Å². The zero-order valence-corrected chi connectivity index (χ0v) is 8.34. The second-order valence-electron chi connectivity index (χ2n) is 3.89. The largest absolute Gasteiger partial charge is 0.332 e. The maximum Gasteiger partial charge on any atom is 0.219 e. The number of amides is 1. The van der Waals surface area contributed by atoms with Gasteiger partial charge < -0.3 is 9.38 Å². The van der Waals surface area contributed by atoms with E-state index in [1.165, 1.54) is 6.54 Å². The highest BCUT2D eigenvalue weighted by molar-refractivity contribution is 5.73. The second kappa shape index (κ2) is 3.44. The lowest BCUT2D eigenvalue weighted by Gasteiger charge is -2.41. The molecule has 70 valence electrons. The van der Waals surface area contributed by atoms with Crippen LogP contribution in [0.15, 0.2) is 0 Å². The average molecular weight is 171 g/mol. The number of quaternary nitrogens is 1. The van der Waals surface area contributed by atoms with E-state index in [-0.39, 0.29) is 5.91 Å². The van der Waals surface area contributed by atoms with Gasteiger partial charge in [0, 0.05) is 6.92 Å². The Bertz CT molecular complexity index is 171. The normalized spacial score (nSPS) is 22.4. The van der Waals surface area contributed by atoms with E-state index in [2.05, 4.69) is 14.0 Å². The van der Waals surface area contributed by atoms with Crippen molar-refractivity contribution in [2.24, 2.45) is 0 Å². The van der Waals surface area contributed by atoms with Gasteiger partial charge in [-0.2, -0.15) is 0 Å². The Balaban J connectivity index is 2.44. The molecule has 1 saturated heterocycles. The third kappa shape index (κ3) is 1.97. The molecule has 1 heterocycles. The maximum absolute atomic E-state index is 11.0. The zero-order chi connectivity index (χ0) is 9.19. The van der Waals surface area contributed by atoms with Gasteiger partial charge in [-0.15, -0.1) is 0 Å². The molecule has 0 aromatic rings. The van der Waals surface area contributed by atoms with E-state index >= 15 is 0 Å². The van der Waals surface area contributed by atoms with Crippen LogP contribution in [0.1, 0.15) is 13.8 Å². The van der Waals surface area contributed by atoms with Crippen LogP contribution in [0.3, 0.4) is 0 Å². The number of hydrogen-bond donors (Lipinski definition) is 0. The quantitative estimate of drug-likeness (QED) is 0.520. The van der Waals surface area contributed by atoms with Crippen LogP contribution in [0.2, 0.25) is 0 Å². The van der Waals surface area contributed by atoms with Crippen molar-refractivity contribution >= 4 is 5.91 Å². The molecule has 0 aliphatic carbocycles. The topological polar surface area (TPSA) is 20.3 Å². The van der Waals surface area contributed by atoms with Crippen LogP contribution >= 0.6 is 0 Å². The molecule has 0 aromatic heterocycles. The van der Waals surface area contributed by atoms with Crippen molar-refractivity contribution in [2.45, 2.75) is 13.8 Å². The minimum absolute atomic E-state index is 0.220. The summed E-state index contributed by atoms with van der Waals surface area (Å²) in [5.41, 5.74) is 0. The fourth-order valence-electron chi connectivity index (χ4n) is 1.58. The Morgan fingerprint density at radius 3 is 2.25 bits per heavy atom. The van der Waals surface area contributed by atoms with Gasteiger partial charge >= 0.3 is 0 Å². The molecule has 0 atom stereocenters. The molecule has 0 N–H and O–H groups in total. The summed E-state index contributed by atoms with van der Waals surface area (Å²) in [6.45, 7) is 9.11. The van der Waals surface area contributed by atoms with Crippen molar-refractivity contribution in [2.75, 3.05) is 39.8 Å². The number of nitrogens with zero attached hydrogens (tertiary/aromatic N) is 2. The molecular weight excluding hydrogens is 152 g/mol. The summed E-state index contributed by atoms with van der Waals surface area (Å²) in [7, 11) is 2.26. The molecule has 0 saturated carbocycles. The van der Waals surface area contributed by atoms with Crippen molar-refractivity contribution in [3.63, 3.8) is 0 Å². The first-order valence-electron chi connectivity index (χ1n) is 4.66. The molecule has 0 spiro atoms. The van der Waals surface area contributed by atoms with E-state index < -0.39 is 0 Å². The number of rotatable bonds is 1. The standard InChI is InChI=1S/C9H19N2O/c1-4-11(3)7-5-10(6-8-11)9(2)12/h4-8H2,1-3H3/q+1. The molecule has 1 fully saturated rings. The molecule has 1 rings (SSSR count). The molecule has 0 radical (unpaired) electrons. The Morgan fingerprint density at radius 2 is 1.92 bits per heavy atom. The number of hydrogen-bond acceptors (Lipinski definition) is 1. The highest BCUT2D eigenvalue weighted by Crippen LogP contribution is 2.08. The van der Waals surface area contributed by atoms with Crippen LogP contribution in [0, 0.1) is 0 Å². The monoisotopic (exact) mass is 171 g/mol. The van der Waals surface area contributed by atoms with Gasteiger partial charge in [0.15, 0.2) is 0 Å². The van der Waals surface area contributed by atoms with Gasteiger partial charge in [0.25, 0.3) is 0 Å². The predicted molar refractivity (Wildman–Crippen MR) is 48.7 cm³/mol. The third-order valence-electron chi connectivity index (χ3n) is 3.03. The van der Waals surface area contributed by atoms with E-state index in [1.54, 1.807) is 6.92 Å². The molecular formula is C9H19N2O+. The van der Waals surface area contributed by atoms with E-state index in [4.69, 9.17) is 0 Å². The summed E-state index contributed by atoms with van der Waals surface area (Å²) < 4.78 is 1.11. The first-order valence-corrected chi connectivity index (χ1v) is 4.66. The van der Waals surface area contributed by atoms with Crippen LogP contribution in [0.5, 0.6) is 0 Å². The Labute approximate surface area is 74.5 Å². The van der Waals surface area contributed by atoms with Crippen molar-refractivity contribution in [3.05, 3.63) is 0 Å². The SMILES string of the molecule is CC[N+]1(C)CCN(C(C)=O)CC1. The summed E-state index contributed by atoms with van der Waals surface area (Å²) in [4.78, 5) is 13.0. The lowest BCUT2D eigenvalue weighted by molar-refractivity contribution is -0.911. The van der Waals surface area contributed by atoms with E-state index in [1.807, 2.05) is 4.90 Å². The summed E-state index contributed by atoms with van der Waals surface area (Å²) >= 11 is 0. The van der Waals surface area contributed by atoms with Crippen molar-refractivity contribution in [3.8, 4) is 0 Å². The van der Waals surface area contributed by atoms with Crippen LogP contribution < -0.4 is 0 Å². The van der Waals surface area contributed by atoms with E-state index in [0.717, 1.165) is 30.7 Å². The summed E-state index contributed by atoms with van der Waals surface area (Å²) in [6, 6.07) is 0. The number of carbonyl (C=O) groups is 1. The lowest BCUT2D eigenvalue weighted by atomic mass is 10.2. The Morgan fingerprint density at radius 1 is 1.42 bits per heavy atom. The van der Waals surface area contributed by atoms with Gasteiger partial charge in [-0.05, 0) is 6.92 Å². The van der Waals surface area contributed by atoms with Crippen molar-refractivity contribution in [1.82, 2.24) is 4.90 Å². The smallest absolute Gasteiger partial charge is 0.219 e. The Hall–Kier alpha value is -0.570. The lowest BCUT2D eigenvalue weighted by Crippen LogP contribution is -2.57. The first-order chi connectivity index (χ1) is 5.57. The molecule has 12 heavy (non-hydrogen) atoms. The van der Waals surface area contributed by atoms with E-state index in [0.29, 0.717) is 0 Å². The molecule has 1 amide bonds. The highest BCUT2D eigenvalue weighted by atomic mass is 16.2. The van der Waals surface area contributed by atoms with E-state index in [9.17, 15) is 4.79 Å². The Kier molecular flexibility index (Phi) is 2.73. The van der Waals surface area contributed by atoms with Gasteiger partial charge in [0.05, 0.1) is 39.8 Å². The summed E-state index contributed by atoms with van der Waals surface area (Å²) in [6.07, 6.45) is 0. The van der Waals surface area contributed by atoms with Gasteiger partial charge in [-0.25, -0.2) is 0 Å². The summed E-state index contributed by atoms with van der Waals surface area (Å²) in [5.74, 6) is 0.220. The van der Waals surface area contributed by atoms with Gasteiger partial charge in [-0.1, -0.05) is 0 Å². The fraction of sp³-hybridized carbons (Fsp3) is 0.889. The fourth-order valence-corrected chi connectivity index (χ4v) is 1.58. The highest BCUT2D eigenvalue weighted by Gasteiger charge is 2.27. The zero-order valence-electron chi connectivity index (χ0n) is 8.34. The maximum atomic E-state index is 11.0. The minimum Gasteiger partial charge on any atom is -0.332 e. The molecule has 1 aliphatic heterocycles. The summed E-state index contributed by atoms with van der Waals surface area (Å²) in [5, 5.41) is 0. The second-order valence-corrected chi connectivity index (χ2v) is 3.89. The molecule has 0 aromatic carbocycles. The van der Waals surface area contributed by atoms with Crippen molar-refractivity contribution < 1.29 is 9.28 Å². The molecule has 1 aliphatic rings. The van der Waals surface area contributed by atoms with Gasteiger partial charge in [0.2, 0.25) is 5.91 Å². The van der Waals surface area contributed by atoms with Crippen LogP contribution in [-0.2, 0) is 4.79 Å². The van der Waals surface area contributed by atoms with Crippen LogP contribution in [-0.4, -0.2) is 55.1 Å². The number of carbonyl (C=O) groups excluding carboxylic acids is 1. The van der Waals surface area contributed by atoms with Crippen LogP contribution in [0.4, 0.5) is 0 Å². The molecule has 0 unspecified atom stereocenters. The third-order valence-corrected chi connectivity index (χ3v) is 3.03. The first kappa shape index (κ1) is 9.52. The average Bonchev–Trinajstić information content (AvgIpc) is 2.05. The molecule has 3 nitrogen and oxygen atoms in total. The van der Waals surface area contributed by atoms with Crippen molar-refractivity contribution in [1.29, 1.82) is 0 Å². The molecule has 3 heteroatoms. The number of likely N-dealkylation sites (N-methyl/N-ethyl adjacent to an activating group) is 1. The predicted octanol–water partition coefficient (Wildman–Crippen LogP) is 0.315. The number of piperazine rings is 1. The van der Waals surface area contributed by atoms with Gasteiger partial charge in [0.1, 0.15) is 0 Å². The van der Waals surface area contributed by atoms with Gasteiger partial charge in [-0.3, -0.25) is 4.79 Å². The minimum atomic E-state index is 0.220. The molecule has 0 bridgehead atoms.